The molecule has 0 amide bonds. The first-order valence-corrected chi connectivity index (χ1v) is 9.94. The van der Waals surface area contributed by atoms with E-state index in [0.29, 0.717) is 35.2 Å². The minimum absolute atomic E-state index is 0.105. The molecule has 0 radical (unpaired) electrons. The zero-order valence-electron chi connectivity index (χ0n) is 17.2. The highest BCUT2D eigenvalue weighted by Gasteiger charge is 2.15. The molecule has 0 aliphatic heterocycles. The summed E-state index contributed by atoms with van der Waals surface area (Å²) in [5.74, 6) is 1.04. The van der Waals surface area contributed by atoms with Crippen molar-refractivity contribution >= 4 is 5.97 Å². The summed E-state index contributed by atoms with van der Waals surface area (Å²) in [6, 6.07) is 21.9. The monoisotopic (exact) mass is 411 g/mol. The maximum absolute atomic E-state index is 11.9. The van der Waals surface area contributed by atoms with Gasteiger partial charge in [-0.05, 0) is 43.7 Å². The molecule has 4 aromatic rings. The van der Waals surface area contributed by atoms with Crippen molar-refractivity contribution in [3.05, 3.63) is 83.9 Å². The molecule has 0 aliphatic carbocycles. The van der Waals surface area contributed by atoms with Gasteiger partial charge >= 0.3 is 5.97 Å². The number of nitrogens with zero attached hydrogens (tertiary/aromatic N) is 3. The number of hydrogen-bond acceptors (Lipinski definition) is 6. The second-order valence-corrected chi connectivity index (χ2v) is 6.99. The molecule has 1 heterocycles. The molecule has 0 bridgehead atoms. The van der Waals surface area contributed by atoms with E-state index in [-0.39, 0.29) is 11.7 Å². The van der Waals surface area contributed by atoms with Gasteiger partial charge < -0.3 is 9.84 Å². The molecule has 31 heavy (non-hydrogen) atoms. The van der Waals surface area contributed by atoms with Gasteiger partial charge in [0, 0.05) is 11.1 Å². The van der Waals surface area contributed by atoms with E-state index in [9.17, 15) is 9.90 Å². The molecular weight excluding hydrogens is 390 g/mol. The molecule has 154 valence electrons. The lowest BCUT2D eigenvalue weighted by Crippen LogP contribution is -2.04. The summed E-state index contributed by atoms with van der Waals surface area (Å²) < 4.78 is 5.04. The van der Waals surface area contributed by atoms with Gasteiger partial charge in [0.15, 0.2) is 17.5 Å². The number of aromatic nitrogens is 3. The second kappa shape index (κ2) is 8.75. The van der Waals surface area contributed by atoms with Crippen molar-refractivity contribution in [2.75, 3.05) is 6.61 Å². The summed E-state index contributed by atoms with van der Waals surface area (Å²) in [4.78, 5) is 25.8. The summed E-state index contributed by atoms with van der Waals surface area (Å²) in [6.07, 6.45) is 0. The van der Waals surface area contributed by atoms with Crippen LogP contribution in [0.15, 0.2) is 72.8 Å². The third-order valence-corrected chi connectivity index (χ3v) is 4.72. The van der Waals surface area contributed by atoms with Gasteiger partial charge in [-0.2, -0.15) is 0 Å². The summed E-state index contributed by atoms with van der Waals surface area (Å²) in [6.45, 7) is 3.99. The smallest absolute Gasteiger partial charge is 0.338 e. The topological polar surface area (TPSA) is 85.2 Å². The number of phenols is 1. The summed E-state index contributed by atoms with van der Waals surface area (Å²) in [7, 11) is 0. The predicted molar refractivity (Wildman–Crippen MR) is 118 cm³/mol. The Kier molecular flexibility index (Phi) is 5.71. The first kappa shape index (κ1) is 20.2. The van der Waals surface area contributed by atoms with Crippen molar-refractivity contribution in [3.8, 4) is 39.9 Å². The number of ether oxygens (including phenoxy) is 1. The van der Waals surface area contributed by atoms with Crippen LogP contribution in [-0.2, 0) is 4.74 Å². The SMILES string of the molecule is CCOC(=O)c1ccc(-c2nc(-c3ccccc3)nc(-c3ccc(C)cc3O)n2)cc1. The average Bonchev–Trinajstić information content (AvgIpc) is 2.79. The van der Waals surface area contributed by atoms with Gasteiger partial charge in [0.1, 0.15) is 5.75 Å². The van der Waals surface area contributed by atoms with Crippen LogP contribution < -0.4 is 0 Å². The van der Waals surface area contributed by atoms with Gasteiger partial charge in [-0.1, -0.05) is 48.5 Å². The fraction of sp³-hybridized carbons (Fsp3) is 0.120. The molecule has 0 fully saturated rings. The maximum atomic E-state index is 11.9. The number of rotatable bonds is 5. The largest absolute Gasteiger partial charge is 0.507 e. The molecule has 6 nitrogen and oxygen atoms in total. The Balaban J connectivity index is 1.83. The van der Waals surface area contributed by atoms with Crippen molar-refractivity contribution in [2.45, 2.75) is 13.8 Å². The van der Waals surface area contributed by atoms with Crippen LogP contribution in [0.4, 0.5) is 0 Å². The highest BCUT2D eigenvalue weighted by Crippen LogP contribution is 2.30. The number of esters is 1. The number of aryl methyl sites for hydroxylation is 1. The molecule has 0 spiro atoms. The fourth-order valence-electron chi connectivity index (χ4n) is 3.14. The first-order chi connectivity index (χ1) is 15.0. The molecule has 0 saturated heterocycles. The van der Waals surface area contributed by atoms with E-state index >= 15 is 0 Å². The van der Waals surface area contributed by atoms with Gasteiger partial charge in [0.2, 0.25) is 0 Å². The Morgan fingerprint density at radius 2 is 1.45 bits per heavy atom. The zero-order valence-corrected chi connectivity index (χ0v) is 17.2. The molecule has 0 saturated carbocycles. The van der Waals surface area contributed by atoms with Crippen LogP contribution in [0.3, 0.4) is 0 Å². The molecular formula is C25H21N3O3. The van der Waals surface area contributed by atoms with E-state index in [4.69, 9.17) is 4.74 Å². The lowest BCUT2D eigenvalue weighted by molar-refractivity contribution is 0.0526. The van der Waals surface area contributed by atoms with Crippen LogP contribution in [0.5, 0.6) is 5.75 Å². The van der Waals surface area contributed by atoms with E-state index < -0.39 is 0 Å². The molecule has 6 heteroatoms. The lowest BCUT2D eigenvalue weighted by atomic mass is 10.1. The van der Waals surface area contributed by atoms with Crippen molar-refractivity contribution in [1.82, 2.24) is 15.0 Å². The number of aromatic hydroxyl groups is 1. The van der Waals surface area contributed by atoms with Crippen LogP contribution in [0, 0.1) is 6.92 Å². The Labute approximate surface area is 180 Å². The van der Waals surface area contributed by atoms with Crippen LogP contribution in [0.2, 0.25) is 0 Å². The predicted octanol–water partition coefficient (Wildman–Crippen LogP) is 5.06. The van der Waals surface area contributed by atoms with Crippen LogP contribution in [0.1, 0.15) is 22.8 Å². The van der Waals surface area contributed by atoms with Gasteiger partial charge in [0.05, 0.1) is 17.7 Å². The number of hydrogen-bond donors (Lipinski definition) is 1. The lowest BCUT2D eigenvalue weighted by Gasteiger charge is -2.10. The summed E-state index contributed by atoms with van der Waals surface area (Å²) >= 11 is 0. The van der Waals surface area contributed by atoms with Gasteiger partial charge in [-0.3, -0.25) is 0 Å². The molecule has 0 unspecified atom stereocenters. The van der Waals surface area contributed by atoms with E-state index in [1.165, 1.54) is 0 Å². The van der Waals surface area contributed by atoms with E-state index in [1.54, 1.807) is 43.3 Å². The maximum Gasteiger partial charge on any atom is 0.338 e. The average molecular weight is 411 g/mol. The number of benzene rings is 3. The Bertz CT molecular complexity index is 1220. The van der Waals surface area contributed by atoms with E-state index in [2.05, 4.69) is 15.0 Å². The fourth-order valence-corrected chi connectivity index (χ4v) is 3.14. The Morgan fingerprint density at radius 3 is 2.06 bits per heavy atom. The van der Waals surface area contributed by atoms with E-state index in [1.807, 2.05) is 43.3 Å². The minimum atomic E-state index is -0.375. The number of carbonyl (C=O) groups is 1. The zero-order chi connectivity index (χ0) is 21.8. The van der Waals surface area contributed by atoms with Crippen LogP contribution in [0.25, 0.3) is 34.2 Å². The summed E-state index contributed by atoms with van der Waals surface area (Å²) in [5, 5.41) is 10.5. The molecule has 3 aromatic carbocycles. The first-order valence-electron chi connectivity index (χ1n) is 9.94. The highest BCUT2D eigenvalue weighted by atomic mass is 16.5. The Hall–Kier alpha value is -4.06. The van der Waals surface area contributed by atoms with Crippen LogP contribution >= 0.6 is 0 Å². The second-order valence-electron chi connectivity index (χ2n) is 6.99. The third kappa shape index (κ3) is 4.43. The molecule has 4 rings (SSSR count). The van der Waals surface area contributed by atoms with Gasteiger partial charge in [0.25, 0.3) is 0 Å². The minimum Gasteiger partial charge on any atom is -0.507 e. The molecule has 1 N–H and O–H groups in total. The Morgan fingerprint density at radius 1 is 0.839 bits per heavy atom. The number of carbonyl (C=O) groups excluding carboxylic acids is 1. The quantitative estimate of drug-likeness (QED) is 0.462. The number of phenolic OH excluding ortho intramolecular Hbond substituents is 1. The molecule has 1 aromatic heterocycles. The van der Waals surface area contributed by atoms with E-state index in [0.717, 1.165) is 16.7 Å². The van der Waals surface area contributed by atoms with Crippen molar-refractivity contribution in [1.29, 1.82) is 0 Å². The summed E-state index contributed by atoms with van der Waals surface area (Å²) in [5.41, 5.74) is 3.48. The van der Waals surface area contributed by atoms with Gasteiger partial charge in [-0.25, -0.2) is 19.7 Å². The highest BCUT2D eigenvalue weighted by molar-refractivity contribution is 5.90. The van der Waals surface area contributed by atoms with Crippen molar-refractivity contribution in [3.63, 3.8) is 0 Å². The molecule has 0 aliphatic rings. The molecule has 0 atom stereocenters. The van der Waals surface area contributed by atoms with Gasteiger partial charge in [-0.15, -0.1) is 0 Å². The van der Waals surface area contributed by atoms with Crippen LogP contribution in [-0.4, -0.2) is 32.6 Å². The van der Waals surface area contributed by atoms with Crippen molar-refractivity contribution in [2.24, 2.45) is 0 Å². The van der Waals surface area contributed by atoms with Crippen molar-refractivity contribution < 1.29 is 14.6 Å². The standard InChI is InChI=1S/C25H21N3O3/c1-3-31-25(30)19-12-10-18(11-13-19)23-26-22(17-7-5-4-6-8-17)27-24(28-23)20-14-9-16(2)15-21(20)29/h4-15,29H,3H2,1-2H3. The normalized spacial score (nSPS) is 10.6. The third-order valence-electron chi connectivity index (χ3n) is 4.72.